The number of nitrogens with zero attached hydrogens (tertiary/aromatic N) is 3. The fraction of sp³-hybridized carbons (Fsp3) is 0.733. The van der Waals surface area contributed by atoms with Gasteiger partial charge in [0.25, 0.3) is 0 Å². The SMILES string of the molecule is Cc1noc(C)c1CN1CCN(CC(=O)NC2CC2)CC1. The topological polar surface area (TPSA) is 61.6 Å². The van der Waals surface area contributed by atoms with Crippen molar-refractivity contribution in [3.8, 4) is 0 Å². The summed E-state index contributed by atoms with van der Waals surface area (Å²) < 4.78 is 5.21. The number of carbonyl (C=O) groups is 1. The maximum Gasteiger partial charge on any atom is 0.234 e. The molecule has 1 aliphatic carbocycles. The van der Waals surface area contributed by atoms with Crippen LogP contribution >= 0.6 is 0 Å². The first kappa shape index (κ1) is 14.5. The number of rotatable bonds is 5. The lowest BCUT2D eigenvalue weighted by Crippen LogP contribution is -2.49. The van der Waals surface area contributed by atoms with E-state index in [0.717, 1.165) is 57.0 Å². The number of nitrogens with one attached hydrogen (secondary N) is 1. The van der Waals surface area contributed by atoms with Crippen molar-refractivity contribution in [3.05, 3.63) is 17.0 Å². The number of hydrogen-bond acceptors (Lipinski definition) is 5. The fourth-order valence-electron chi connectivity index (χ4n) is 2.76. The van der Waals surface area contributed by atoms with E-state index in [-0.39, 0.29) is 5.91 Å². The van der Waals surface area contributed by atoms with Crippen LogP contribution in [0.15, 0.2) is 4.52 Å². The molecule has 6 nitrogen and oxygen atoms in total. The number of aryl methyl sites for hydroxylation is 2. The van der Waals surface area contributed by atoms with Crippen LogP contribution in [-0.2, 0) is 11.3 Å². The molecule has 0 unspecified atom stereocenters. The van der Waals surface area contributed by atoms with Crippen LogP contribution in [0.5, 0.6) is 0 Å². The second-order valence-corrected chi connectivity index (χ2v) is 6.20. The maximum absolute atomic E-state index is 11.8. The number of piperazine rings is 1. The lowest BCUT2D eigenvalue weighted by Gasteiger charge is -2.34. The number of amides is 1. The Morgan fingerprint density at radius 2 is 1.90 bits per heavy atom. The monoisotopic (exact) mass is 292 g/mol. The minimum absolute atomic E-state index is 0.177. The zero-order valence-corrected chi connectivity index (χ0v) is 12.9. The first-order valence-electron chi connectivity index (χ1n) is 7.77. The van der Waals surface area contributed by atoms with Crippen molar-refractivity contribution < 1.29 is 9.32 Å². The predicted octanol–water partition coefficient (Wildman–Crippen LogP) is 0.688. The maximum atomic E-state index is 11.8. The highest BCUT2D eigenvalue weighted by Gasteiger charge is 2.25. The van der Waals surface area contributed by atoms with Gasteiger partial charge in [0.05, 0.1) is 12.2 Å². The zero-order chi connectivity index (χ0) is 14.8. The molecule has 1 aromatic rings. The third kappa shape index (κ3) is 3.83. The van der Waals surface area contributed by atoms with E-state index in [9.17, 15) is 4.79 Å². The average Bonchev–Trinajstić information content (AvgIpc) is 3.21. The second-order valence-electron chi connectivity index (χ2n) is 6.20. The summed E-state index contributed by atoms with van der Waals surface area (Å²) in [6.07, 6.45) is 2.30. The molecule has 6 heteroatoms. The van der Waals surface area contributed by atoms with Crippen LogP contribution in [0.1, 0.15) is 29.9 Å². The highest BCUT2D eigenvalue weighted by Crippen LogP contribution is 2.19. The molecule has 0 atom stereocenters. The molecule has 2 fully saturated rings. The smallest absolute Gasteiger partial charge is 0.234 e. The van der Waals surface area contributed by atoms with Gasteiger partial charge in [0, 0.05) is 44.3 Å². The summed E-state index contributed by atoms with van der Waals surface area (Å²) in [7, 11) is 0. The van der Waals surface area contributed by atoms with E-state index in [4.69, 9.17) is 4.52 Å². The van der Waals surface area contributed by atoms with Gasteiger partial charge >= 0.3 is 0 Å². The van der Waals surface area contributed by atoms with Crippen LogP contribution in [0.25, 0.3) is 0 Å². The quantitative estimate of drug-likeness (QED) is 0.865. The third-order valence-electron chi connectivity index (χ3n) is 4.34. The van der Waals surface area contributed by atoms with Crippen LogP contribution in [0.2, 0.25) is 0 Å². The summed E-state index contributed by atoms with van der Waals surface area (Å²) in [6.45, 7) is 9.25. The summed E-state index contributed by atoms with van der Waals surface area (Å²) in [5.74, 6) is 1.09. The van der Waals surface area contributed by atoms with Crippen LogP contribution in [-0.4, -0.2) is 59.6 Å². The molecule has 1 saturated carbocycles. The highest BCUT2D eigenvalue weighted by molar-refractivity contribution is 5.78. The zero-order valence-electron chi connectivity index (χ0n) is 12.9. The molecule has 1 aromatic heterocycles. The average molecular weight is 292 g/mol. The number of hydrogen-bond donors (Lipinski definition) is 1. The molecule has 1 aliphatic heterocycles. The van der Waals surface area contributed by atoms with E-state index in [0.29, 0.717) is 12.6 Å². The van der Waals surface area contributed by atoms with Crippen molar-refractivity contribution in [1.29, 1.82) is 0 Å². The minimum Gasteiger partial charge on any atom is -0.361 e. The van der Waals surface area contributed by atoms with Gasteiger partial charge in [-0.25, -0.2) is 0 Å². The number of carbonyl (C=O) groups excluding carboxylic acids is 1. The molecule has 2 aliphatic rings. The molecule has 21 heavy (non-hydrogen) atoms. The van der Waals surface area contributed by atoms with E-state index in [2.05, 4.69) is 20.3 Å². The molecular weight excluding hydrogens is 268 g/mol. The number of aromatic nitrogens is 1. The molecule has 0 bridgehead atoms. The van der Waals surface area contributed by atoms with Crippen molar-refractivity contribution in [2.75, 3.05) is 32.7 Å². The van der Waals surface area contributed by atoms with E-state index in [1.807, 2.05) is 13.8 Å². The molecule has 3 rings (SSSR count). The lowest BCUT2D eigenvalue weighted by atomic mass is 10.2. The molecule has 116 valence electrons. The van der Waals surface area contributed by atoms with Crippen molar-refractivity contribution in [2.24, 2.45) is 0 Å². The van der Waals surface area contributed by atoms with Gasteiger partial charge in [0.2, 0.25) is 5.91 Å². The Bertz CT molecular complexity index is 482. The minimum atomic E-state index is 0.177. The van der Waals surface area contributed by atoms with Crippen LogP contribution in [0.4, 0.5) is 0 Å². The van der Waals surface area contributed by atoms with Gasteiger partial charge < -0.3 is 9.84 Å². The Hall–Kier alpha value is -1.40. The highest BCUT2D eigenvalue weighted by atomic mass is 16.5. The Kier molecular flexibility index (Phi) is 4.26. The van der Waals surface area contributed by atoms with Crippen LogP contribution in [0.3, 0.4) is 0 Å². The normalized spacial score (nSPS) is 20.7. The van der Waals surface area contributed by atoms with E-state index in [1.54, 1.807) is 0 Å². The summed E-state index contributed by atoms with van der Waals surface area (Å²) in [4.78, 5) is 16.4. The third-order valence-corrected chi connectivity index (χ3v) is 4.34. The fourth-order valence-corrected chi connectivity index (χ4v) is 2.76. The molecule has 0 aromatic carbocycles. The van der Waals surface area contributed by atoms with Crippen molar-refractivity contribution in [2.45, 2.75) is 39.3 Å². The predicted molar refractivity (Wildman–Crippen MR) is 78.9 cm³/mol. The van der Waals surface area contributed by atoms with Crippen LogP contribution in [0, 0.1) is 13.8 Å². The van der Waals surface area contributed by atoms with Crippen molar-refractivity contribution in [1.82, 2.24) is 20.3 Å². The first-order valence-corrected chi connectivity index (χ1v) is 7.77. The second kappa shape index (κ2) is 6.15. The van der Waals surface area contributed by atoms with Gasteiger partial charge in [0.1, 0.15) is 5.76 Å². The summed E-state index contributed by atoms with van der Waals surface area (Å²) in [5, 5.41) is 7.05. The van der Waals surface area contributed by atoms with Gasteiger partial charge in [-0.2, -0.15) is 0 Å². The van der Waals surface area contributed by atoms with Crippen molar-refractivity contribution >= 4 is 5.91 Å². The van der Waals surface area contributed by atoms with Crippen LogP contribution < -0.4 is 5.32 Å². The van der Waals surface area contributed by atoms with E-state index in [1.165, 1.54) is 5.56 Å². The molecule has 1 N–H and O–H groups in total. The Morgan fingerprint density at radius 3 is 2.48 bits per heavy atom. The molecule has 1 saturated heterocycles. The van der Waals surface area contributed by atoms with Gasteiger partial charge in [-0.1, -0.05) is 5.16 Å². The Morgan fingerprint density at radius 1 is 1.24 bits per heavy atom. The Labute approximate surface area is 125 Å². The van der Waals surface area contributed by atoms with E-state index < -0.39 is 0 Å². The van der Waals surface area contributed by atoms with Gasteiger partial charge in [0.15, 0.2) is 0 Å². The summed E-state index contributed by atoms with van der Waals surface area (Å²) in [6, 6.07) is 0.457. The molecule has 0 spiro atoms. The van der Waals surface area contributed by atoms with Gasteiger partial charge in [-0.3, -0.25) is 14.6 Å². The molecular formula is C15H24N4O2. The molecule has 2 heterocycles. The van der Waals surface area contributed by atoms with Gasteiger partial charge in [-0.15, -0.1) is 0 Å². The van der Waals surface area contributed by atoms with E-state index >= 15 is 0 Å². The molecule has 1 amide bonds. The first-order chi connectivity index (χ1) is 10.1. The lowest BCUT2D eigenvalue weighted by molar-refractivity contribution is -0.122. The molecule has 0 radical (unpaired) electrons. The largest absolute Gasteiger partial charge is 0.361 e. The summed E-state index contributed by atoms with van der Waals surface area (Å²) >= 11 is 0. The van der Waals surface area contributed by atoms with Gasteiger partial charge in [-0.05, 0) is 26.7 Å². The standard InChI is InChI=1S/C15H24N4O2/c1-11-14(12(2)21-17-11)9-18-5-7-19(8-6-18)10-15(20)16-13-3-4-13/h13H,3-10H2,1-2H3,(H,16,20). The summed E-state index contributed by atoms with van der Waals surface area (Å²) in [5.41, 5.74) is 2.19. The Balaban J connectivity index is 1.43. The van der Waals surface area contributed by atoms with Crippen molar-refractivity contribution in [3.63, 3.8) is 0 Å².